The molecule has 0 aliphatic rings. The zero-order valence-electron chi connectivity index (χ0n) is 10.5. The van der Waals surface area contributed by atoms with Gasteiger partial charge in [-0.1, -0.05) is 6.92 Å². The van der Waals surface area contributed by atoms with E-state index in [0.29, 0.717) is 13.0 Å². The van der Waals surface area contributed by atoms with E-state index in [1.165, 1.54) is 0 Å². The van der Waals surface area contributed by atoms with E-state index in [0.717, 1.165) is 25.0 Å². The molecule has 0 aliphatic heterocycles. The van der Waals surface area contributed by atoms with Crippen LogP contribution in [-0.4, -0.2) is 29.8 Å². The first kappa shape index (κ1) is 15.8. The third-order valence-electron chi connectivity index (χ3n) is 2.14. The fourth-order valence-electron chi connectivity index (χ4n) is 1.18. The molecule has 16 heavy (non-hydrogen) atoms. The van der Waals surface area contributed by atoms with Gasteiger partial charge in [0, 0.05) is 0 Å². The fraction of sp³-hybridized carbons (Fsp3) is 0.917. The van der Waals surface area contributed by atoms with Gasteiger partial charge in [0.15, 0.2) is 0 Å². The van der Waals surface area contributed by atoms with Crippen molar-refractivity contribution >= 4 is 17.7 Å². The number of thioether (sulfide) groups is 1. The van der Waals surface area contributed by atoms with Crippen LogP contribution in [0.2, 0.25) is 0 Å². The standard InChI is InChI=1S/C12H23FO2S/c1-4-8-15-12(14)11(3)16-9-6-5-7-10(2)13/h10-11H,4-9H2,1-3H3. The smallest absolute Gasteiger partial charge is 0.318 e. The molecule has 96 valence electrons. The van der Waals surface area contributed by atoms with E-state index in [1.54, 1.807) is 18.7 Å². The highest BCUT2D eigenvalue weighted by atomic mass is 32.2. The van der Waals surface area contributed by atoms with Gasteiger partial charge in [-0.2, -0.15) is 0 Å². The highest BCUT2D eigenvalue weighted by molar-refractivity contribution is 8.00. The maximum absolute atomic E-state index is 12.5. The van der Waals surface area contributed by atoms with Crippen molar-refractivity contribution in [3.8, 4) is 0 Å². The molecular weight excluding hydrogens is 227 g/mol. The normalized spacial score (nSPS) is 14.5. The minimum Gasteiger partial charge on any atom is -0.465 e. The minimum absolute atomic E-state index is 0.102. The predicted octanol–water partition coefficient (Wildman–Crippen LogP) is 3.59. The van der Waals surface area contributed by atoms with Crippen LogP contribution in [0, 0.1) is 0 Å². The van der Waals surface area contributed by atoms with Gasteiger partial charge in [-0.15, -0.1) is 11.8 Å². The molecule has 0 aromatic rings. The van der Waals surface area contributed by atoms with E-state index in [9.17, 15) is 9.18 Å². The molecule has 0 bridgehead atoms. The molecule has 0 saturated carbocycles. The van der Waals surface area contributed by atoms with Crippen molar-refractivity contribution in [2.45, 2.75) is 57.9 Å². The average molecular weight is 250 g/mol. The zero-order valence-corrected chi connectivity index (χ0v) is 11.3. The number of rotatable bonds is 9. The molecule has 0 aromatic heterocycles. The summed E-state index contributed by atoms with van der Waals surface area (Å²) in [7, 11) is 0. The van der Waals surface area contributed by atoms with Crippen molar-refractivity contribution in [1.29, 1.82) is 0 Å². The van der Waals surface area contributed by atoms with Crippen molar-refractivity contribution in [2.75, 3.05) is 12.4 Å². The van der Waals surface area contributed by atoms with E-state index >= 15 is 0 Å². The van der Waals surface area contributed by atoms with Gasteiger partial charge in [-0.25, -0.2) is 4.39 Å². The lowest BCUT2D eigenvalue weighted by molar-refractivity contribution is -0.142. The van der Waals surface area contributed by atoms with E-state index in [-0.39, 0.29) is 11.2 Å². The Balaban J connectivity index is 3.42. The number of hydrogen-bond donors (Lipinski definition) is 0. The van der Waals surface area contributed by atoms with Gasteiger partial charge in [-0.05, 0) is 45.3 Å². The lowest BCUT2D eigenvalue weighted by Crippen LogP contribution is -2.17. The predicted molar refractivity (Wildman–Crippen MR) is 67.6 cm³/mol. The SMILES string of the molecule is CCCOC(=O)C(C)SCCCCC(C)F. The summed E-state index contributed by atoms with van der Waals surface area (Å²) < 4.78 is 17.5. The van der Waals surface area contributed by atoms with E-state index in [1.807, 2.05) is 13.8 Å². The molecule has 0 N–H and O–H groups in total. The molecule has 4 heteroatoms. The molecule has 0 aliphatic carbocycles. The number of ether oxygens (including phenoxy) is 1. The Bertz CT molecular complexity index is 186. The van der Waals surface area contributed by atoms with Crippen LogP contribution in [-0.2, 0) is 9.53 Å². The molecule has 0 amide bonds. The molecule has 0 rings (SSSR count). The van der Waals surface area contributed by atoms with Crippen LogP contribution >= 0.6 is 11.8 Å². The van der Waals surface area contributed by atoms with Crippen LogP contribution in [0.4, 0.5) is 4.39 Å². The minimum atomic E-state index is -0.711. The molecule has 0 saturated heterocycles. The lowest BCUT2D eigenvalue weighted by Gasteiger charge is -2.10. The van der Waals surface area contributed by atoms with Crippen molar-refractivity contribution in [2.24, 2.45) is 0 Å². The van der Waals surface area contributed by atoms with Crippen LogP contribution < -0.4 is 0 Å². The largest absolute Gasteiger partial charge is 0.465 e. The van der Waals surface area contributed by atoms with Gasteiger partial charge < -0.3 is 4.74 Å². The Kier molecular flexibility index (Phi) is 9.78. The van der Waals surface area contributed by atoms with E-state index in [2.05, 4.69) is 0 Å². The Morgan fingerprint density at radius 3 is 2.62 bits per heavy atom. The van der Waals surface area contributed by atoms with Crippen molar-refractivity contribution < 1.29 is 13.9 Å². The Morgan fingerprint density at radius 1 is 1.38 bits per heavy atom. The first-order valence-corrected chi connectivity index (χ1v) is 7.05. The zero-order chi connectivity index (χ0) is 12.4. The quantitative estimate of drug-likeness (QED) is 0.462. The molecule has 2 nitrogen and oxygen atoms in total. The second kappa shape index (κ2) is 9.94. The third kappa shape index (κ3) is 9.01. The van der Waals surface area contributed by atoms with Crippen LogP contribution in [0.15, 0.2) is 0 Å². The Morgan fingerprint density at radius 2 is 2.06 bits per heavy atom. The topological polar surface area (TPSA) is 26.3 Å². The number of halogens is 1. The van der Waals surface area contributed by atoms with Crippen LogP contribution in [0.1, 0.15) is 46.5 Å². The van der Waals surface area contributed by atoms with E-state index in [4.69, 9.17) is 4.74 Å². The van der Waals surface area contributed by atoms with Gasteiger partial charge in [0.05, 0.1) is 18.0 Å². The monoisotopic (exact) mass is 250 g/mol. The Hall–Kier alpha value is -0.250. The number of carbonyl (C=O) groups excluding carboxylic acids is 1. The molecule has 0 spiro atoms. The van der Waals surface area contributed by atoms with Gasteiger partial charge in [0.1, 0.15) is 0 Å². The summed E-state index contributed by atoms with van der Waals surface area (Å²) in [4.78, 5) is 11.4. The summed E-state index contributed by atoms with van der Waals surface area (Å²) in [6.07, 6.45) is 2.62. The number of alkyl halides is 1. The van der Waals surface area contributed by atoms with Crippen molar-refractivity contribution in [3.05, 3.63) is 0 Å². The maximum atomic E-state index is 12.5. The van der Waals surface area contributed by atoms with Gasteiger partial charge in [-0.3, -0.25) is 4.79 Å². The third-order valence-corrected chi connectivity index (χ3v) is 3.36. The molecule has 0 heterocycles. The molecule has 2 unspecified atom stereocenters. The summed E-state index contributed by atoms with van der Waals surface area (Å²) in [6, 6.07) is 0. The van der Waals surface area contributed by atoms with Gasteiger partial charge in [0.2, 0.25) is 0 Å². The van der Waals surface area contributed by atoms with Crippen molar-refractivity contribution in [3.63, 3.8) is 0 Å². The van der Waals surface area contributed by atoms with Crippen molar-refractivity contribution in [1.82, 2.24) is 0 Å². The summed E-state index contributed by atoms with van der Waals surface area (Å²) in [6.45, 7) is 5.92. The molecule has 0 fully saturated rings. The van der Waals surface area contributed by atoms with Crippen LogP contribution in [0.25, 0.3) is 0 Å². The number of hydrogen-bond acceptors (Lipinski definition) is 3. The van der Waals surface area contributed by atoms with Crippen LogP contribution in [0.3, 0.4) is 0 Å². The first-order valence-electron chi connectivity index (χ1n) is 6.00. The average Bonchev–Trinajstić information content (AvgIpc) is 2.24. The fourth-order valence-corrected chi connectivity index (χ4v) is 2.10. The summed E-state index contributed by atoms with van der Waals surface area (Å²) >= 11 is 1.59. The highest BCUT2D eigenvalue weighted by Gasteiger charge is 2.13. The summed E-state index contributed by atoms with van der Waals surface area (Å²) in [5, 5.41) is -0.102. The number of carbonyl (C=O) groups is 1. The molecule has 0 radical (unpaired) electrons. The van der Waals surface area contributed by atoms with Gasteiger partial charge in [0.25, 0.3) is 0 Å². The van der Waals surface area contributed by atoms with Crippen LogP contribution in [0.5, 0.6) is 0 Å². The van der Waals surface area contributed by atoms with Gasteiger partial charge >= 0.3 is 5.97 Å². The summed E-state index contributed by atoms with van der Waals surface area (Å²) in [5.41, 5.74) is 0. The van der Waals surface area contributed by atoms with E-state index < -0.39 is 6.17 Å². The Labute approximate surface area is 102 Å². The molecular formula is C12H23FO2S. The molecule has 2 atom stereocenters. The number of esters is 1. The maximum Gasteiger partial charge on any atom is 0.318 e. The summed E-state index contributed by atoms with van der Waals surface area (Å²) in [5.74, 6) is 0.764. The highest BCUT2D eigenvalue weighted by Crippen LogP contribution is 2.15. The molecule has 0 aromatic carbocycles. The number of unbranched alkanes of at least 4 members (excludes halogenated alkanes) is 1. The second-order valence-electron chi connectivity index (χ2n) is 3.96. The first-order chi connectivity index (χ1) is 7.57. The lowest BCUT2D eigenvalue weighted by atomic mass is 10.2. The second-order valence-corrected chi connectivity index (χ2v) is 5.41.